The van der Waals surface area contributed by atoms with Gasteiger partial charge in [0.25, 0.3) is 5.91 Å². The minimum atomic E-state index is -0.129. The SMILES string of the molecule is CCCNC(=O)c1cc(-c2ccc(C)cc2)nc2cc(C(C)(C)C)nn12. The molecule has 5 heteroatoms. The second kappa shape index (κ2) is 6.90. The summed E-state index contributed by atoms with van der Waals surface area (Å²) in [5.74, 6) is -0.129. The maximum atomic E-state index is 12.7. The van der Waals surface area contributed by atoms with E-state index in [1.54, 1.807) is 4.52 Å². The van der Waals surface area contributed by atoms with Gasteiger partial charge in [-0.2, -0.15) is 5.10 Å². The van der Waals surface area contributed by atoms with Crippen molar-refractivity contribution in [1.82, 2.24) is 19.9 Å². The van der Waals surface area contributed by atoms with E-state index in [1.165, 1.54) is 5.56 Å². The van der Waals surface area contributed by atoms with E-state index in [9.17, 15) is 4.79 Å². The highest BCUT2D eigenvalue weighted by Gasteiger charge is 2.21. The third-order valence-corrected chi connectivity index (χ3v) is 4.31. The van der Waals surface area contributed by atoms with Gasteiger partial charge in [0.15, 0.2) is 5.65 Å². The van der Waals surface area contributed by atoms with Gasteiger partial charge in [0, 0.05) is 23.6 Å². The highest BCUT2D eigenvalue weighted by Crippen LogP contribution is 2.25. The Kier molecular flexibility index (Phi) is 4.81. The topological polar surface area (TPSA) is 59.3 Å². The number of carbonyl (C=O) groups excluding carboxylic acids is 1. The molecule has 26 heavy (non-hydrogen) atoms. The summed E-state index contributed by atoms with van der Waals surface area (Å²) in [6, 6.07) is 12.0. The lowest BCUT2D eigenvalue weighted by Gasteiger charge is -2.13. The average molecular weight is 350 g/mol. The molecule has 0 saturated heterocycles. The van der Waals surface area contributed by atoms with Crippen molar-refractivity contribution in [2.45, 2.75) is 46.5 Å². The van der Waals surface area contributed by atoms with Crippen molar-refractivity contribution in [3.63, 3.8) is 0 Å². The number of nitrogens with one attached hydrogen (secondary N) is 1. The van der Waals surface area contributed by atoms with E-state index < -0.39 is 0 Å². The lowest BCUT2D eigenvalue weighted by Crippen LogP contribution is -2.26. The summed E-state index contributed by atoms with van der Waals surface area (Å²) in [6.07, 6.45) is 0.886. The Morgan fingerprint density at radius 3 is 2.46 bits per heavy atom. The molecule has 1 amide bonds. The zero-order valence-electron chi connectivity index (χ0n) is 16.1. The van der Waals surface area contributed by atoms with Crippen molar-refractivity contribution in [2.75, 3.05) is 6.54 Å². The molecule has 2 aromatic heterocycles. The van der Waals surface area contributed by atoms with Crippen LogP contribution >= 0.6 is 0 Å². The zero-order valence-corrected chi connectivity index (χ0v) is 16.1. The zero-order chi connectivity index (χ0) is 18.9. The van der Waals surface area contributed by atoms with Gasteiger partial charge in [-0.1, -0.05) is 57.5 Å². The molecule has 136 valence electrons. The molecule has 0 aliphatic carbocycles. The van der Waals surface area contributed by atoms with Crippen molar-refractivity contribution in [3.05, 3.63) is 53.3 Å². The van der Waals surface area contributed by atoms with Gasteiger partial charge in [-0.3, -0.25) is 4.79 Å². The second-order valence-electron chi connectivity index (χ2n) is 7.70. The van der Waals surface area contributed by atoms with E-state index in [2.05, 4.69) is 50.2 Å². The van der Waals surface area contributed by atoms with Crippen molar-refractivity contribution >= 4 is 11.6 Å². The van der Waals surface area contributed by atoms with Gasteiger partial charge >= 0.3 is 0 Å². The number of hydrogen-bond donors (Lipinski definition) is 1. The molecule has 5 nitrogen and oxygen atoms in total. The van der Waals surface area contributed by atoms with Crippen LogP contribution in [0.25, 0.3) is 16.9 Å². The molecule has 0 bridgehead atoms. The van der Waals surface area contributed by atoms with E-state index in [4.69, 9.17) is 4.98 Å². The van der Waals surface area contributed by atoms with Gasteiger partial charge < -0.3 is 5.32 Å². The first kappa shape index (κ1) is 18.1. The van der Waals surface area contributed by atoms with Crippen LogP contribution in [0, 0.1) is 6.92 Å². The predicted molar refractivity (Wildman–Crippen MR) is 104 cm³/mol. The Morgan fingerprint density at radius 1 is 1.15 bits per heavy atom. The fourth-order valence-corrected chi connectivity index (χ4v) is 2.70. The van der Waals surface area contributed by atoms with Gasteiger partial charge in [0.05, 0.1) is 11.4 Å². The number of carbonyl (C=O) groups is 1. The first-order valence-corrected chi connectivity index (χ1v) is 9.06. The number of hydrogen-bond acceptors (Lipinski definition) is 3. The van der Waals surface area contributed by atoms with Crippen LogP contribution in [0.1, 0.15) is 55.9 Å². The van der Waals surface area contributed by atoms with Crippen molar-refractivity contribution in [1.29, 1.82) is 0 Å². The number of aryl methyl sites for hydroxylation is 1. The third kappa shape index (κ3) is 3.62. The molecule has 3 rings (SSSR count). The molecule has 1 aromatic carbocycles. The fourth-order valence-electron chi connectivity index (χ4n) is 2.70. The molecule has 0 saturated carbocycles. The summed E-state index contributed by atoms with van der Waals surface area (Å²) in [6.45, 7) is 11.0. The lowest BCUT2D eigenvalue weighted by atomic mass is 9.93. The molecule has 0 unspecified atom stereocenters. The van der Waals surface area contributed by atoms with E-state index >= 15 is 0 Å². The van der Waals surface area contributed by atoms with Crippen LogP contribution in [0.4, 0.5) is 0 Å². The molecule has 1 N–H and O–H groups in total. The van der Waals surface area contributed by atoms with Crippen molar-refractivity contribution in [2.24, 2.45) is 0 Å². The van der Waals surface area contributed by atoms with Crippen LogP contribution in [0.3, 0.4) is 0 Å². The predicted octanol–water partition coefficient (Wildman–Crippen LogP) is 4.14. The number of rotatable bonds is 4. The molecule has 0 aliphatic heterocycles. The minimum Gasteiger partial charge on any atom is -0.351 e. The third-order valence-electron chi connectivity index (χ3n) is 4.31. The molecular formula is C21H26N4O. The summed E-state index contributed by atoms with van der Waals surface area (Å²) in [5.41, 5.74) is 4.95. The van der Waals surface area contributed by atoms with E-state index in [0.717, 1.165) is 23.4 Å². The van der Waals surface area contributed by atoms with Crippen LogP contribution in [-0.2, 0) is 5.41 Å². The largest absolute Gasteiger partial charge is 0.351 e. The number of fused-ring (bicyclic) bond motifs is 1. The molecule has 0 fully saturated rings. The Bertz CT molecular complexity index is 933. The van der Waals surface area contributed by atoms with Crippen molar-refractivity contribution in [3.8, 4) is 11.3 Å². The molecule has 3 aromatic rings. The quantitative estimate of drug-likeness (QED) is 0.769. The Balaban J connectivity index is 2.18. The number of benzene rings is 1. The van der Waals surface area contributed by atoms with Crippen LogP contribution in [0.2, 0.25) is 0 Å². The number of aromatic nitrogens is 3. The molecule has 0 radical (unpaired) electrons. The minimum absolute atomic E-state index is 0.116. The van der Waals surface area contributed by atoms with Crippen LogP contribution in [0.15, 0.2) is 36.4 Å². The molecule has 0 spiro atoms. The fraction of sp³-hybridized carbons (Fsp3) is 0.381. The van der Waals surface area contributed by atoms with Gasteiger partial charge in [0.2, 0.25) is 0 Å². The van der Waals surface area contributed by atoms with Crippen LogP contribution in [0.5, 0.6) is 0 Å². The van der Waals surface area contributed by atoms with E-state index in [1.807, 2.05) is 31.2 Å². The smallest absolute Gasteiger partial charge is 0.270 e. The van der Waals surface area contributed by atoms with Gasteiger partial charge in [-0.25, -0.2) is 9.50 Å². The maximum absolute atomic E-state index is 12.7. The number of nitrogens with zero attached hydrogens (tertiary/aromatic N) is 3. The standard InChI is InChI=1S/C21H26N4O/c1-6-11-22-20(26)17-12-16(15-9-7-14(2)8-10-15)23-19-13-18(21(3,4)5)24-25(17)19/h7-10,12-13H,6,11H2,1-5H3,(H,22,26). The Labute approximate surface area is 154 Å². The first-order chi connectivity index (χ1) is 12.3. The average Bonchev–Trinajstić information content (AvgIpc) is 3.04. The van der Waals surface area contributed by atoms with Gasteiger partial charge in [-0.15, -0.1) is 0 Å². The maximum Gasteiger partial charge on any atom is 0.270 e. The Morgan fingerprint density at radius 2 is 1.85 bits per heavy atom. The highest BCUT2D eigenvalue weighted by molar-refractivity contribution is 5.94. The molecule has 0 atom stereocenters. The second-order valence-corrected chi connectivity index (χ2v) is 7.70. The van der Waals surface area contributed by atoms with Gasteiger partial charge in [-0.05, 0) is 19.4 Å². The number of amides is 1. The highest BCUT2D eigenvalue weighted by atomic mass is 16.1. The van der Waals surface area contributed by atoms with E-state index in [-0.39, 0.29) is 11.3 Å². The normalized spacial score (nSPS) is 11.7. The monoisotopic (exact) mass is 350 g/mol. The summed E-state index contributed by atoms with van der Waals surface area (Å²) < 4.78 is 1.66. The molecule has 2 heterocycles. The Hall–Kier alpha value is -2.69. The lowest BCUT2D eigenvalue weighted by molar-refractivity contribution is 0.0946. The van der Waals surface area contributed by atoms with Crippen molar-refractivity contribution < 1.29 is 4.79 Å². The summed E-state index contributed by atoms with van der Waals surface area (Å²) in [4.78, 5) is 17.5. The van der Waals surface area contributed by atoms with Gasteiger partial charge in [0.1, 0.15) is 5.69 Å². The summed E-state index contributed by atoms with van der Waals surface area (Å²) in [7, 11) is 0. The van der Waals surface area contributed by atoms with E-state index in [0.29, 0.717) is 17.9 Å². The van der Waals surface area contributed by atoms with Crippen LogP contribution < -0.4 is 5.32 Å². The summed E-state index contributed by atoms with van der Waals surface area (Å²) in [5, 5.41) is 7.60. The molecular weight excluding hydrogens is 324 g/mol. The molecule has 0 aliphatic rings. The van der Waals surface area contributed by atoms with Crippen LogP contribution in [-0.4, -0.2) is 27.0 Å². The summed E-state index contributed by atoms with van der Waals surface area (Å²) >= 11 is 0. The first-order valence-electron chi connectivity index (χ1n) is 9.06.